The molecular formula is C21H25N3O4. The van der Waals surface area contributed by atoms with Crippen LogP contribution in [0.3, 0.4) is 0 Å². The van der Waals surface area contributed by atoms with Crippen LogP contribution in [0.4, 0.5) is 5.82 Å². The van der Waals surface area contributed by atoms with Gasteiger partial charge in [-0.05, 0) is 44.5 Å². The maximum absolute atomic E-state index is 9.55. The maximum Gasteiger partial charge on any atom is 0.328 e. The summed E-state index contributed by atoms with van der Waals surface area (Å²) in [5.41, 5.74) is 1.10. The molecule has 0 amide bonds. The minimum Gasteiger partial charge on any atom is -0.478 e. The van der Waals surface area contributed by atoms with Crippen LogP contribution in [0.2, 0.25) is 0 Å². The Kier molecular flexibility index (Phi) is 6.26. The Morgan fingerprint density at radius 2 is 1.68 bits per heavy atom. The third-order valence-corrected chi connectivity index (χ3v) is 5.42. The SMILES string of the molecule is CN1C2CCC1CN(c1ccc3ccccc3n1)CC2.O=C(O)/C=C/C(=O)O. The van der Waals surface area contributed by atoms with Crippen molar-refractivity contribution in [3.63, 3.8) is 0 Å². The molecule has 2 saturated heterocycles. The van der Waals surface area contributed by atoms with Crippen molar-refractivity contribution >= 4 is 28.7 Å². The Labute approximate surface area is 163 Å². The number of hydrogen-bond donors (Lipinski definition) is 2. The van der Waals surface area contributed by atoms with Crippen LogP contribution in [-0.4, -0.2) is 64.3 Å². The van der Waals surface area contributed by atoms with Crippen molar-refractivity contribution in [2.45, 2.75) is 31.3 Å². The van der Waals surface area contributed by atoms with Crippen molar-refractivity contribution in [3.05, 3.63) is 48.6 Å². The second-order valence-corrected chi connectivity index (χ2v) is 7.16. The van der Waals surface area contributed by atoms with E-state index in [0.717, 1.165) is 30.5 Å². The number of para-hydroxylation sites is 1. The summed E-state index contributed by atoms with van der Waals surface area (Å²) in [7, 11) is 2.29. The average Bonchev–Trinajstić information content (AvgIpc) is 2.92. The number of carboxylic acids is 2. The summed E-state index contributed by atoms with van der Waals surface area (Å²) in [6.45, 7) is 2.26. The highest BCUT2D eigenvalue weighted by Gasteiger charge is 2.34. The number of fused-ring (bicyclic) bond motifs is 3. The molecule has 2 fully saturated rings. The zero-order valence-corrected chi connectivity index (χ0v) is 15.9. The van der Waals surface area contributed by atoms with Gasteiger partial charge in [0.25, 0.3) is 0 Å². The molecule has 2 bridgehead atoms. The fraction of sp³-hybridized carbons (Fsp3) is 0.381. The van der Waals surface area contributed by atoms with E-state index in [0.29, 0.717) is 18.2 Å². The number of carbonyl (C=O) groups is 2. The van der Waals surface area contributed by atoms with Gasteiger partial charge in [-0.25, -0.2) is 14.6 Å². The summed E-state index contributed by atoms with van der Waals surface area (Å²) in [6.07, 6.45) is 5.09. The molecule has 0 saturated carbocycles. The lowest BCUT2D eigenvalue weighted by Crippen LogP contribution is -2.36. The monoisotopic (exact) mass is 383 g/mol. The Hall–Kier alpha value is -2.93. The van der Waals surface area contributed by atoms with Gasteiger partial charge in [-0.3, -0.25) is 4.90 Å². The van der Waals surface area contributed by atoms with Crippen LogP contribution in [0.1, 0.15) is 19.3 Å². The highest BCUT2D eigenvalue weighted by molar-refractivity contribution is 5.89. The molecule has 28 heavy (non-hydrogen) atoms. The second-order valence-electron chi connectivity index (χ2n) is 7.16. The molecule has 1 aromatic heterocycles. The lowest BCUT2D eigenvalue weighted by atomic mass is 10.1. The molecule has 2 aliphatic heterocycles. The molecule has 0 spiro atoms. The molecule has 2 aromatic rings. The predicted octanol–water partition coefficient (Wildman–Crippen LogP) is 2.62. The number of pyridine rings is 1. The largest absolute Gasteiger partial charge is 0.478 e. The van der Waals surface area contributed by atoms with E-state index in [2.05, 4.69) is 53.2 Å². The normalized spacial score (nSPS) is 22.0. The third kappa shape index (κ3) is 4.86. The van der Waals surface area contributed by atoms with Gasteiger partial charge in [0.05, 0.1) is 5.52 Å². The molecule has 0 aliphatic carbocycles. The van der Waals surface area contributed by atoms with E-state index in [-0.39, 0.29) is 0 Å². The molecule has 0 radical (unpaired) electrons. The molecule has 7 nitrogen and oxygen atoms in total. The molecule has 7 heteroatoms. The van der Waals surface area contributed by atoms with Crippen LogP contribution < -0.4 is 4.90 Å². The summed E-state index contributed by atoms with van der Waals surface area (Å²) in [5, 5.41) is 16.9. The minimum absolute atomic E-state index is 0.558. The van der Waals surface area contributed by atoms with Crippen LogP contribution >= 0.6 is 0 Å². The van der Waals surface area contributed by atoms with Crippen molar-refractivity contribution in [3.8, 4) is 0 Å². The summed E-state index contributed by atoms with van der Waals surface area (Å²) in [6, 6.07) is 14.2. The molecule has 3 heterocycles. The van der Waals surface area contributed by atoms with Gasteiger partial charge in [0.1, 0.15) is 5.82 Å². The molecule has 1 aromatic carbocycles. The first-order valence-corrected chi connectivity index (χ1v) is 9.40. The average molecular weight is 383 g/mol. The van der Waals surface area contributed by atoms with Crippen molar-refractivity contribution in [1.82, 2.24) is 9.88 Å². The van der Waals surface area contributed by atoms with Gasteiger partial charge in [-0.1, -0.05) is 18.2 Å². The number of aromatic nitrogens is 1. The first kappa shape index (κ1) is 19.8. The fourth-order valence-electron chi connectivity index (χ4n) is 3.89. The zero-order valence-electron chi connectivity index (χ0n) is 15.9. The Bertz CT molecular complexity index is 867. The first-order chi connectivity index (χ1) is 13.4. The van der Waals surface area contributed by atoms with Crippen LogP contribution in [0, 0.1) is 0 Å². The van der Waals surface area contributed by atoms with Gasteiger partial charge in [0.2, 0.25) is 0 Å². The molecule has 2 aliphatic rings. The van der Waals surface area contributed by atoms with Gasteiger partial charge in [-0.15, -0.1) is 0 Å². The van der Waals surface area contributed by atoms with E-state index >= 15 is 0 Å². The zero-order chi connectivity index (χ0) is 20.1. The van der Waals surface area contributed by atoms with Crippen molar-refractivity contribution in [2.24, 2.45) is 0 Å². The number of aliphatic carboxylic acids is 2. The molecule has 2 unspecified atom stereocenters. The van der Waals surface area contributed by atoms with Crippen molar-refractivity contribution in [2.75, 3.05) is 25.0 Å². The topological polar surface area (TPSA) is 94.0 Å². The number of benzene rings is 1. The predicted molar refractivity (Wildman–Crippen MR) is 108 cm³/mol. The van der Waals surface area contributed by atoms with Crippen LogP contribution in [0.5, 0.6) is 0 Å². The highest BCUT2D eigenvalue weighted by atomic mass is 16.4. The van der Waals surface area contributed by atoms with Crippen LogP contribution in [0.25, 0.3) is 10.9 Å². The quantitative estimate of drug-likeness (QED) is 0.787. The van der Waals surface area contributed by atoms with Gasteiger partial charge in [0.15, 0.2) is 0 Å². The molecule has 2 atom stereocenters. The van der Waals surface area contributed by atoms with Crippen LogP contribution in [-0.2, 0) is 9.59 Å². The van der Waals surface area contributed by atoms with E-state index in [4.69, 9.17) is 15.2 Å². The lowest BCUT2D eigenvalue weighted by Gasteiger charge is -2.26. The van der Waals surface area contributed by atoms with Gasteiger partial charge in [-0.2, -0.15) is 0 Å². The lowest BCUT2D eigenvalue weighted by molar-refractivity contribution is -0.134. The molecule has 148 valence electrons. The maximum atomic E-state index is 9.55. The van der Waals surface area contributed by atoms with Gasteiger partial charge in [0, 0.05) is 42.7 Å². The Morgan fingerprint density at radius 1 is 1.00 bits per heavy atom. The van der Waals surface area contributed by atoms with Crippen LogP contribution in [0.15, 0.2) is 48.6 Å². The standard InChI is InChI=1S/C17H21N3.C4H4O4/c1-19-14-7-8-15(19)12-20(11-10-14)17-9-6-13-4-2-3-5-16(13)18-17;5-3(6)1-2-4(7)8/h2-6,9,14-15H,7-8,10-12H2,1H3;1-2H,(H,5,6)(H,7,8)/b;2-1+. The highest BCUT2D eigenvalue weighted by Crippen LogP contribution is 2.30. The Morgan fingerprint density at radius 3 is 2.39 bits per heavy atom. The third-order valence-electron chi connectivity index (χ3n) is 5.42. The fourth-order valence-corrected chi connectivity index (χ4v) is 3.89. The number of anilines is 1. The number of rotatable bonds is 3. The summed E-state index contributed by atoms with van der Waals surface area (Å²) >= 11 is 0. The van der Waals surface area contributed by atoms with E-state index in [1.165, 1.54) is 24.6 Å². The van der Waals surface area contributed by atoms with Gasteiger partial charge >= 0.3 is 11.9 Å². The van der Waals surface area contributed by atoms with E-state index in [1.54, 1.807) is 0 Å². The first-order valence-electron chi connectivity index (χ1n) is 9.40. The van der Waals surface area contributed by atoms with E-state index in [1.807, 2.05) is 0 Å². The number of nitrogens with zero attached hydrogens (tertiary/aromatic N) is 3. The number of carboxylic acid groups (broad SMARTS) is 2. The summed E-state index contributed by atoms with van der Waals surface area (Å²) in [5.74, 6) is -1.37. The minimum atomic E-state index is -1.26. The summed E-state index contributed by atoms with van der Waals surface area (Å²) < 4.78 is 0. The summed E-state index contributed by atoms with van der Waals surface area (Å²) in [4.78, 5) is 29.0. The van der Waals surface area contributed by atoms with Crippen molar-refractivity contribution < 1.29 is 19.8 Å². The molecule has 4 rings (SSSR count). The Balaban J connectivity index is 0.000000242. The number of hydrogen-bond acceptors (Lipinski definition) is 5. The van der Waals surface area contributed by atoms with Crippen molar-refractivity contribution in [1.29, 1.82) is 0 Å². The van der Waals surface area contributed by atoms with Gasteiger partial charge < -0.3 is 15.1 Å². The molecule has 2 N–H and O–H groups in total. The second kappa shape index (κ2) is 8.84. The van der Waals surface area contributed by atoms with E-state index < -0.39 is 11.9 Å². The smallest absolute Gasteiger partial charge is 0.328 e. The molecular weight excluding hydrogens is 358 g/mol. The van der Waals surface area contributed by atoms with E-state index in [9.17, 15) is 9.59 Å². The number of likely N-dealkylation sites (N-methyl/N-ethyl adjacent to an activating group) is 1.